The van der Waals surface area contributed by atoms with Crippen molar-refractivity contribution < 1.29 is 9.53 Å². The summed E-state index contributed by atoms with van der Waals surface area (Å²) in [6.45, 7) is 0. The molecule has 1 heterocycles. The number of anilines is 1. The van der Waals surface area contributed by atoms with Gasteiger partial charge in [0.05, 0.1) is 7.11 Å². The molecule has 1 aromatic carbocycles. The molecule has 1 atom stereocenters. The summed E-state index contributed by atoms with van der Waals surface area (Å²) in [5, 5.41) is 12.9. The van der Waals surface area contributed by atoms with E-state index in [0.29, 0.717) is 17.5 Å². The van der Waals surface area contributed by atoms with Gasteiger partial charge < -0.3 is 10.1 Å². The van der Waals surface area contributed by atoms with Crippen LogP contribution >= 0.6 is 11.3 Å². The first-order chi connectivity index (χ1) is 11.7. The van der Waals surface area contributed by atoms with Gasteiger partial charge in [-0.25, -0.2) is 0 Å². The maximum Gasteiger partial charge on any atom is 0.226 e. The number of hydrogen-bond donors (Lipinski definition) is 1. The van der Waals surface area contributed by atoms with E-state index in [0.717, 1.165) is 30.0 Å². The summed E-state index contributed by atoms with van der Waals surface area (Å²) in [7, 11) is 1.69. The highest BCUT2D eigenvalue weighted by molar-refractivity contribution is 7.15. The maximum absolute atomic E-state index is 12.4. The molecule has 0 radical (unpaired) electrons. The minimum atomic E-state index is 0.0298. The lowest BCUT2D eigenvalue weighted by atomic mass is 9.81. The molecule has 126 valence electrons. The number of rotatable bonds is 5. The van der Waals surface area contributed by atoms with Gasteiger partial charge in [0.25, 0.3) is 0 Å². The summed E-state index contributed by atoms with van der Waals surface area (Å²) in [5.41, 5.74) is 2.60. The molecule has 1 fully saturated rings. The molecule has 0 aliphatic heterocycles. The maximum atomic E-state index is 12.4. The first-order valence-electron chi connectivity index (χ1n) is 8.53. The summed E-state index contributed by atoms with van der Waals surface area (Å²) in [4.78, 5) is 12.4. The fraction of sp³-hybridized carbons (Fsp3) is 0.500. The number of amides is 1. The molecule has 1 aromatic heterocycles. The van der Waals surface area contributed by atoms with Gasteiger partial charge in [0.2, 0.25) is 11.0 Å². The molecule has 0 spiro atoms. The van der Waals surface area contributed by atoms with Crippen LogP contribution in [-0.4, -0.2) is 23.2 Å². The van der Waals surface area contributed by atoms with Crippen molar-refractivity contribution >= 4 is 22.4 Å². The number of nitrogens with zero attached hydrogens (tertiary/aromatic N) is 2. The second kappa shape index (κ2) is 6.51. The zero-order valence-electron chi connectivity index (χ0n) is 13.7. The van der Waals surface area contributed by atoms with E-state index < -0.39 is 0 Å². The van der Waals surface area contributed by atoms with Crippen LogP contribution in [0.4, 0.5) is 5.13 Å². The number of carbonyl (C=O) groups excluding carboxylic acids is 1. The van der Waals surface area contributed by atoms with E-state index in [4.69, 9.17) is 4.74 Å². The highest BCUT2D eigenvalue weighted by Crippen LogP contribution is 2.42. The highest BCUT2D eigenvalue weighted by Gasteiger charge is 2.28. The van der Waals surface area contributed by atoms with E-state index in [1.807, 2.05) is 6.07 Å². The van der Waals surface area contributed by atoms with Crippen molar-refractivity contribution in [3.63, 3.8) is 0 Å². The number of aryl methyl sites for hydroxylation is 1. The summed E-state index contributed by atoms with van der Waals surface area (Å²) >= 11 is 1.51. The van der Waals surface area contributed by atoms with Crippen LogP contribution < -0.4 is 10.1 Å². The number of ether oxygens (including phenoxy) is 1. The van der Waals surface area contributed by atoms with Gasteiger partial charge >= 0.3 is 0 Å². The summed E-state index contributed by atoms with van der Waals surface area (Å²) in [6.07, 6.45) is 6.12. The van der Waals surface area contributed by atoms with E-state index in [1.165, 1.54) is 35.3 Å². The van der Waals surface area contributed by atoms with Crippen LogP contribution in [0.5, 0.6) is 5.75 Å². The third-order valence-electron chi connectivity index (χ3n) is 4.83. The summed E-state index contributed by atoms with van der Waals surface area (Å²) in [6, 6.07) is 6.20. The fourth-order valence-corrected chi connectivity index (χ4v) is 4.33. The van der Waals surface area contributed by atoms with Crippen LogP contribution in [0.1, 0.15) is 60.1 Å². The van der Waals surface area contributed by atoms with Gasteiger partial charge in [-0.3, -0.25) is 4.79 Å². The van der Waals surface area contributed by atoms with Crippen LogP contribution in [0.25, 0.3) is 0 Å². The number of benzene rings is 1. The Balaban J connectivity index is 1.42. The molecular weight excluding hydrogens is 322 g/mol. The Morgan fingerprint density at radius 1 is 1.33 bits per heavy atom. The SMILES string of the molecule is COc1ccc2c(c1)CCC[C@@H]2CC(=O)Nc1nnc(C2CC2)s1. The van der Waals surface area contributed by atoms with Gasteiger partial charge in [0.15, 0.2) is 0 Å². The lowest BCUT2D eigenvalue weighted by Gasteiger charge is -2.25. The molecule has 1 saturated carbocycles. The van der Waals surface area contributed by atoms with Gasteiger partial charge in [-0.1, -0.05) is 17.4 Å². The molecule has 0 bridgehead atoms. The zero-order chi connectivity index (χ0) is 16.5. The Bertz CT molecular complexity index is 754. The Morgan fingerprint density at radius 3 is 3.00 bits per heavy atom. The van der Waals surface area contributed by atoms with Crippen LogP contribution in [0, 0.1) is 0 Å². The van der Waals surface area contributed by atoms with Crippen molar-refractivity contribution in [2.75, 3.05) is 12.4 Å². The Labute approximate surface area is 145 Å². The number of hydrogen-bond acceptors (Lipinski definition) is 5. The number of carbonyl (C=O) groups is 1. The highest BCUT2D eigenvalue weighted by atomic mass is 32.1. The number of fused-ring (bicyclic) bond motifs is 1. The van der Waals surface area contributed by atoms with E-state index >= 15 is 0 Å². The summed E-state index contributed by atoms with van der Waals surface area (Å²) in [5.74, 6) is 1.77. The smallest absolute Gasteiger partial charge is 0.226 e. The molecule has 2 aliphatic rings. The van der Waals surface area contributed by atoms with Gasteiger partial charge in [-0.15, -0.1) is 10.2 Å². The molecule has 6 heteroatoms. The monoisotopic (exact) mass is 343 g/mol. The predicted molar refractivity (Wildman–Crippen MR) is 93.8 cm³/mol. The van der Waals surface area contributed by atoms with Crippen LogP contribution in [0.3, 0.4) is 0 Å². The van der Waals surface area contributed by atoms with Crippen molar-refractivity contribution in [1.29, 1.82) is 0 Å². The van der Waals surface area contributed by atoms with Crippen molar-refractivity contribution in [3.05, 3.63) is 34.3 Å². The average Bonchev–Trinajstić information content (AvgIpc) is 3.34. The number of nitrogens with one attached hydrogen (secondary N) is 1. The molecule has 0 saturated heterocycles. The van der Waals surface area contributed by atoms with Crippen molar-refractivity contribution in [1.82, 2.24) is 10.2 Å². The minimum absolute atomic E-state index is 0.0298. The molecule has 4 rings (SSSR count). The van der Waals surface area contributed by atoms with E-state index in [9.17, 15) is 4.79 Å². The van der Waals surface area contributed by atoms with Crippen LogP contribution in [0.2, 0.25) is 0 Å². The second-order valence-electron chi connectivity index (χ2n) is 6.63. The molecule has 5 nitrogen and oxygen atoms in total. The first kappa shape index (κ1) is 15.6. The molecule has 1 N–H and O–H groups in total. The molecule has 2 aliphatic carbocycles. The Hall–Kier alpha value is -1.95. The third-order valence-corrected chi connectivity index (χ3v) is 5.84. The Kier molecular flexibility index (Phi) is 4.22. The van der Waals surface area contributed by atoms with Gasteiger partial charge in [0, 0.05) is 12.3 Å². The third kappa shape index (κ3) is 3.29. The number of methoxy groups -OCH3 is 1. The fourth-order valence-electron chi connectivity index (χ4n) is 3.40. The van der Waals surface area contributed by atoms with Gasteiger partial charge in [-0.2, -0.15) is 0 Å². The van der Waals surface area contributed by atoms with Crippen molar-refractivity contribution in [2.24, 2.45) is 0 Å². The van der Waals surface area contributed by atoms with Crippen LogP contribution in [0.15, 0.2) is 18.2 Å². The van der Waals surface area contributed by atoms with Crippen LogP contribution in [-0.2, 0) is 11.2 Å². The van der Waals surface area contributed by atoms with Crippen molar-refractivity contribution in [3.8, 4) is 5.75 Å². The minimum Gasteiger partial charge on any atom is -0.497 e. The molecule has 2 aromatic rings. The van der Waals surface area contributed by atoms with E-state index in [1.54, 1.807) is 7.11 Å². The first-order valence-corrected chi connectivity index (χ1v) is 9.34. The largest absolute Gasteiger partial charge is 0.497 e. The van der Waals surface area contributed by atoms with Crippen molar-refractivity contribution in [2.45, 2.75) is 50.4 Å². The lowest BCUT2D eigenvalue weighted by molar-refractivity contribution is -0.116. The Morgan fingerprint density at radius 2 is 2.21 bits per heavy atom. The number of aromatic nitrogens is 2. The average molecular weight is 343 g/mol. The molecule has 1 amide bonds. The molecule has 24 heavy (non-hydrogen) atoms. The topological polar surface area (TPSA) is 64.1 Å². The standard InChI is InChI=1S/C18H21N3O2S/c1-23-14-7-8-15-12(9-14)3-2-4-13(15)10-16(22)19-18-21-20-17(24-18)11-5-6-11/h7-9,11,13H,2-6,10H2,1H3,(H,19,21,22)/t13-/m1/s1. The normalized spacial score (nSPS) is 19.6. The van der Waals surface area contributed by atoms with E-state index in [2.05, 4.69) is 27.6 Å². The second-order valence-corrected chi connectivity index (χ2v) is 7.64. The zero-order valence-corrected chi connectivity index (χ0v) is 14.6. The van der Waals surface area contributed by atoms with Gasteiger partial charge in [-0.05, 0) is 61.3 Å². The lowest BCUT2D eigenvalue weighted by Crippen LogP contribution is -2.18. The quantitative estimate of drug-likeness (QED) is 0.895. The summed E-state index contributed by atoms with van der Waals surface area (Å²) < 4.78 is 5.31. The molecule has 0 unspecified atom stereocenters. The van der Waals surface area contributed by atoms with E-state index in [-0.39, 0.29) is 11.8 Å². The van der Waals surface area contributed by atoms with Gasteiger partial charge in [0.1, 0.15) is 10.8 Å². The molecular formula is C18H21N3O2S. The predicted octanol–water partition coefficient (Wildman–Crippen LogP) is 3.87.